The summed E-state index contributed by atoms with van der Waals surface area (Å²) in [6.07, 6.45) is 1.23. The number of non-ortho nitro benzene ring substituents is 1. The molecule has 0 saturated heterocycles. The normalized spacial score (nSPS) is 11.2. The Hall–Kier alpha value is -4.61. The summed E-state index contributed by atoms with van der Waals surface area (Å²) in [6.45, 7) is 3.96. The molecule has 4 aromatic rings. The summed E-state index contributed by atoms with van der Waals surface area (Å²) in [5, 5.41) is 35.5. The molecule has 4 rings (SSSR count). The van der Waals surface area contributed by atoms with E-state index in [4.69, 9.17) is 0 Å². The first-order valence-electron chi connectivity index (χ1n) is 9.02. The molecule has 0 atom stereocenters. The molecule has 0 fully saturated rings. The van der Waals surface area contributed by atoms with Gasteiger partial charge < -0.3 is 10.4 Å². The fourth-order valence-electron chi connectivity index (χ4n) is 2.74. The van der Waals surface area contributed by atoms with Crippen molar-refractivity contribution in [1.29, 1.82) is 0 Å². The largest absolute Gasteiger partial charge is 0.507 e. The summed E-state index contributed by atoms with van der Waals surface area (Å²) < 4.78 is 4.68. The number of hydrogen-bond acceptors (Lipinski definition) is 11. The molecule has 31 heavy (non-hydrogen) atoms. The zero-order chi connectivity index (χ0) is 22.0. The molecule has 2 heterocycles. The molecule has 0 amide bonds. The van der Waals surface area contributed by atoms with Crippen molar-refractivity contribution in [2.24, 2.45) is 5.10 Å². The van der Waals surface area contributed by atoms with Crippen LogP contribution in [0.5, 0.6) is 5.75 Å². The lowest BCUT2D eigenvalue weighted by molar-refractivity contribution is -0.384. The molecular formula is C19H16N8O4. The number of anilines is 3. The quantitative estimate of drug-likeness (QED) is 0.239. The molecule has 2 aromatic carbocycles. The third-order valence-corrected chi connectivity index (χ3v) is 4.57. The van der Waals surface area contributed by atoms with Gasteiger partial charge in [0.1, 0.15) is 5.75 Å². The van der Waals surface area contributed by atoms with Crippen LogP contribution in [-0.4, -0.2) is 36.5 Å². The molecule has 156 valence electrons. The van der Waals surface area contributed by atoms with Crippen LogP contribution in [0.1, 0.15) is 16.7 Å². The second-order valence-electron chi connectivity index (χ2n) is 6.57. The SMILES string of the molecule is Cc1cccc(Nc2nc3nonc3nc2N/N=C/c2cc([N+](=O)[O-])ccc2O)c1C. The Morgan fingerprint density at radius 2 is 1.87 bits per heavy atom. The Morgan fingerprint density at radius 3 is 2.61 bits per heavy atom. The van der Waals surface area contributed by atoms with E-state index in [1.165, 1.54) is 24.4 Å². The average molecular weight is 420 g/mol. The van der Waals surface area contributed by atoms with Gasteiger partial charge in [0, 0.05) is 23.4 Å². The second kappa shape index (κ2) is 8.02. The van der Waals surface area contributed by atoms with Gasteiger partial charge in [-0.05, 0) is 47.4 Å². The van der Waals surface area contributed by atoms with Crippen molar-refractivity contribution >= 4 is 40.5 Å². The lowest BCUT2D eigenvalue weighted by Crippen LogP contribution is -2.04. The molecule has 0 spiro atoms. The lowest BCUT2D eigenvalue weighted by atomic mass is 10.1. The molecule has 0 aliphatic rings. The van der Waals surface area contributed by atoms with Crippen molar-refractivity contribution in [1.82, 2.24) is 20.3 Å². The summed E-state index contributed by atoms with van der Waals surface area (Å²) in [7, 11) is 0. The summed E-state index contributed by atoms with van der Waals surface area (Å²) in [5.74, 6) is 0.370. The summed E-state index contributed by atoms with van der Waals surface area (Å²) in [5.41, 5.74) is 6.01. The van der Waals surface area contributed by atoms with Gasteiger partial charge in [-0.1, -0.05) is 12.1 Å². The first kappa shape index (κ1) is 19.7. The highest BCUT2D eigenvalue weighted by molar-refractivity contribution is 5.85. The molecule has 0 aliphatic carbocycles. The van der Waals surface area contributed by atoms with Gasteiger partial charge in [0.15, 0.2) is 11.6 Å². The van der Waals surface area contributed by atoms with Gasteiger partial charge in [-0.2, -0.15) is 10.1 Å². The van der Waals surface area contributed by atoms with Crippen LogP contribution in [-0.2, 0) is 0 Å². The zero-order valence-corrected chi connectivity index (χ0v) is 16.4. The second-order valence-corrected chi connectivity index (χ2v) is 6.57. The monoisotopic (exact) mass is 420 g/mol. The van der Waals surface area contributed by atoms with Crippen LogP contribution >= 0.6 is 0 Å². The van der Waals surface area contributed by atoms with E-state index in [-0.39, 0.29) is 34.1 Å². The highest BCUT2D eigenvalue weighted by Crippen LogP contribution is 2.27. The molecular weight excluding hydrogens is 404 g/mol. The third kappa shape index (κ3) is 4.07. The maximum atomic E-state index is 10.9. The molecule has 0 aliphatic heterocycles. The number of nitrogens with one attached hydrogen (secondary N) is 2. The fourth-order valence-corrected chi connectivity index (χ4v) is 2.74. The van der Waals surface area contributed by atoms with Crippen molar-refractivity contribution in [2.75, 3.05) is 10.7 Å². The summed E-state index contributed by atoms with van der Waals surface area (Å²) in [4.78, 5) is 19.0. The standard InChI is InChI=1S/C19H16N8O4/c1-10-4-3-5-14(11(10)2)21-16-17(23-19-18(22-16)25-31-26-19)24-20-9-12-8-13(27(29)30)6-7-15(12)28/h3-9,28H,1-2H3,(H,21,22,25)(H,23,24,26)/b20-9+. The molecule has 3 N–H and O–H groups in total. The third-order valence-electron chi connectivity index (χ3n) is 4.57. The number of rotatable bonds is 6. The number of aryl methyl sites for hydroxylation is 1. The van der Waals surface area contributed by atoms with Gasteiger partial charge in [-0.25, -0.2) is 9.61 Å². The molecule has 0 bridgehead atoms. The number of aromatic hydroxyl groups is 1. The summed E-state index contributed by atoms with van der Waals surface area (Å²) in [6, 6.07) is 9.41. The Bertz CT molecular complexity index is 1320. The minimum absolute atomic E-state index is 0.155. The average Bonchev–Trinajstić information content (AvgIpc) is 3.20. The minimum Gasteiger partial charge on any atom is -0.507 e. The van der Waals surface area contributed by atoms with Crippen LogP contribution in [0.3, 0.4) is 0 Å². The predicted octanol–water partition coefficient (Wildman–Crippen LogP) is 3.43. The van der Waals surface area contributed by atoms with E-state index < -0.39 is 4.92 Å². The first-order valence-corrected chi connectivity index (χ1v) is 9.02. The number of aromatic nitrogens is 4. The topological polar surface area (TPSA) is 164 Å². The highest BCUT2D eigenvalue weighted by atomic mass is 16.6. The smallest absolute Gasteiger partial charge is 0.270 e. The number of nitro benzene ring substituents is 1. The highest BCUT2D eigenvalue weighted by Gasteiger charge is 2.14. The molecule has 0 radical (unpaired) electrons. The maximum Gasteiger partial charge on any atom is 0.270 e. The van der Waals surface area contributed by atoms with Crippen molar-refractivity contribution in [2.45, 2.75) is 13.8 Å². The van der Waals surface area contributed by atoms with E-state index >= 15 is 0 Å². The van der Waals surface area contributed by atoms with E-state index in [1.54, 1.807) is 0 Å². The van der Waals surface area contributed by atoms with Crippen molar-refractivity contribution in [3.8, 4) is 5.75 Å². The van der Waals surface area contributed by atoms with Crippen LogP contribution in [0.4, 0.5) is 23.0 Å². The molecule has 12 heteroatoms. The van der Waals surface area contributed by atoms with Crippen LogP contribution < -0.4 is 10.7 Å². The molecule has 12 nitrogen and oxygen atoms in total. The van der Waals surface area contributed by atoms with E-state index in [0.29, 0.717) is 5.82 Å². The zero-order valence-electron chi connectivity index (χ0n) is 16.4. The number of fused-ring (bicyclic) bond motifs is 1. The molecule has 2 aromatic heterocycles. The number of nitrogens with zero attached hydrogens (tertiary/aromatic N) is 6. The van der Waals surface area contributed by atoms with E-state index in [2.05, 4.69) is 40.8 Å². The Balaban J connectivity index is 1.66. The van der Waals surface area contributed by atoms with Gasteiger partial charge in [0.05, 0.1) is 11.1 Å². The minimum atomic E-state index is -0.562. The van der Waals surface area contributed by atoms with E-state index in [0.717, 1.165) is 16.8 Å². The van der Waals surface area contributed by atoms with Gasteiger partial charge in [0.2, 0.25) is 11.3 Å². The molecule has 0 saturated carbocycles. The number of phenols is 1. The number of phenolic OH excluding ortho intramolecular Hbond substituents is 1. The van der Waals surface area contributed by atoms with Crippen molar-refractivity contribution < 1.29 is 14.7 Å². The van der Waals surface area contributed by atoms with Crippen LogP contribution in [0.15, 0.2) is 46.1 Å². The van der Waals surface area contributed by atoms with Gasteiger partial charge >= 0.3 is 0 Å². The van der Waals surface area contributed by atoms with Crippen LogP contribution in [0.2, 0.25) is 0 Å². The number of benzene rings is 2. The Morgan fingerprint density at radius 1 is 1.13 bits per heavy atom. The lowest BCUT2D eigenvalue weighted by Gasteiger charge is -2.12. The first-order chi connectivity index (χ1) is 14.9. The Labute approximate surface area is 174 Å². The van der Waals surface area contributed by atoms with Gasteiger partial charge in [-0.3, -0.25) is 15.5 Å². The van der Waals surface area contributed by atoms with E-state index in [9.17, 15) is 15.2 Å². The number of hydrogen-bond donors (Lipinski definition) is 3. The van der Waals surface area contributed by atoms with Crippen LogP contribution in [0, 0.1) is 24.0 Å². The fraction of sp³-hybridized carbons (Fsp3) is 0.105. The number of hydrazone groups is 1. The van der Waals surface area contributed by atoms with Crippen molar-refractivity contribution in [3.63, 3.8) is 0 Å². The van der Waals surface area contributed by atoms with Crippen molar-refractivity contribution in [3.05, 3.63) is 63.2 Å². The molecule has 0 unspecified atom stereocenters. The van der Waals surface area contributed by atoms with Gasteiger partial charge in [-0.15, -0.1) is 0 Å². The number of nitro groups is 1. The maximum absolute atomic E-state index is 10.9. The Kier molecular flexibility index (Phi) is 5.10. The van der Waals surface area contributed by atoms with E-state index in [1.807, 2.05) is 32.0 Å². The summed E-state index contributed by atoms with van der Waals surface area (Å²) >= 11 is 0. The van der Waals surface area contributed by atoms with Crippen LogP contribution in [0.25, 0.3) is 11.3 Å². The van der Waals surface area contributed by atoms with Gasteiger partial charge in [0.25, 0.3) is 5.69 Å². The predicted molar refractivity (Wildman–Crippen MR) is 113 cm³/mol.